The first-order chi connectivity index (χ1) is 21.7. The summed E-state index contributed by atoms with van der Waals surface area (Å²) in [4.78, 5) is 6.48. The molecule has 0 fully saturated rings. The molecule has 45 heavy (non-hydrogen) atoms. The van der Waals surface area contributed by atoms with Crippen LogP contribution in [-0.2, 0) is 14.6 Å². The summed E-state index contributed by atoms with van der Waals surface area (Å²) < 4.78 is 43.0. The molecule has 3 rings (SSSR count). The van der Waals surface area contributed by atoms with Gasteiger partial charge in [-0.15, -0.1) is 10.2 Å². The molecule has 15 heteroatoms. The van der Waals surface area contributed by atoms with E-state index in [1.807, 2.05) is 42.2 Å². The maximum atomic E-state index is 13.3. The Bertz CT molecular complexity index is 1520. The number of hydrogen-bond acceptors (Lipinski definition) is 14. The SMILES string of the molecule is CCN(CCO)CCS(=O)(=O)c1cc(OC)c(N=Nc2c(NCCOCCO)nc(Nc3ccccc3)c(N)c2C)cc1OC. The standard InChI is InChI=1S/C30H43N7O7S/c1-5-37(12-14-38)13-18-45(40,41)26-20-24(42-3)23(19-25(26)43-4)35-36-28-21(2)27(31)29(33-22-9-7-6-8-10-22)34-30(28)32-11-16-44-17-15-39/h6-10,19-20,38-39H,5,11-18,31H2,1-4H3,(H2,32,33,34). The largest absolute Gasteiger partial charge is 0.495 e. The lowest BCUT2D eigenvalue weighted by molar-refractivity contribution is 0.0992. The number of methoxy groups -OCH3 is 2. The Balaban J connectivity index is 1.99. The molecule has 3 aromatic rings. The monoisotopic (exact) mass is 645 g/mol. The zero-order valence-corrected chi connectivity index (χ0v) is 26.9. The molecule has 0 radical (unpaired) electrons. The lowest BCUT2D eigenvalue weighted by Crippen LogP contribution is -2.31. The van der Waals surface area contributed by atoms with Crippen LogP contribution >= 0.6 is 0 Å². The van der Waals surface area contributed by atoms with E-state index in [4.69, 9.17) is 25.1 Å². The molecular weight excluding hydrogens is 602 g/mol. The van der Waals surface area contributed by atoms with Crippen LogP contribution in [0.4, 0.5) is 34.4 Å². The Morgan fingerprint density at radius 2 is 1.71 bits per heavy atom. The minimum atomic E-state index is -3.78. The highest BCUT2D eigenvalue weighted by Gasteiger charge is 2.24. The number of nitrogens with one attached hydrogen (secondary N) is 2. The van der Waals surface area contributed by atoms with Gasteiger partial charge in [-0.1, -0.05) is 25.1 Å². The Kier molecular flexibility index (Phi) is 13.8. The van der Waals surface area contributed by atoms with Crippen molar-refractivity contribution < 1.29 is 32.8 Å². The van der Waals surface area contributed by atoms with Crippen LogP contribution in [0.25, 0.3) is 0 Å². The van der Waals surface area contributed by atoms with Crippen LogP contribution in [0.3, 0.4) is 0 Å². The van der Waals surface area contributed by atoms with Crippen molar-refractivity contribution in [2.24, 2.45) is 10.2 Å². The number of aromatic nitrogens is 1. The van der Waals surface area contributed by atoms with Gasteiger partial charge in [0.2, 0.25) is 0 Å². The van der Waals surface area contributed by atoms with Crippen LogP contribution in [-0.4, -0.2) is 101 Å². The van der Waals surface area contributed by atoms with Gasteiger partial charge in [-0.05, 0) is 25.6 Å². The number of nitrogens with zero attached hydrogens (tertiary/aromatic N) is 4. The normalized spacial score (nSPS) is 11.7. The molecule has 2 aromatic carbocycles. The second-order valence-electron chi connectivity index (χ2n) is 9.80. The van der Waals surface area contributed by atoms with Crippen molar-refractivity contribution in [3.63, 3.8) is 0 Å². The number of nitrogen functional groups attached to an aromatic ring is 1. The van der Waals surface area contributed by atoms with E-state index in [9.17, 15) is 13.5 Å². The number of anilines is 4. The number of aliphatic hydroxyl groups excluding tert-OH is 2. The van der Waals surface area contributed by atoms with Crippen LogP contribution in [0.2, 0.25) is 0 Å². The molecule has 0 saturated carbocycles. The summed E-state index contributed by atoms with van der Waals surface area (Å²) in [7, 11) is -0.998. The van der Waals surface area contributed by atoms with Crippen molar-refractivity contribution in [3.8, 4) is 11.5 Å². The van der Waals surface area contributed by atoms with E-state index in [0.29, 0.717) is 54.8 Å². The second-order valence-corrected chi connectivity index (χ2v) is 11.9. The number of hydrogen-bond donors (Lipinski definition) is 5. The molecule has 0 aliphatic heterocycles. The number of para-hydroxylation sites is 1. The number of azo groups is 1. The molecule has 14 nitrogen and oxygen atoms in total. The molecule has 0 amide bonds. The lowest BCUT2D eigenvalue weighted by atomic mass is 10.2. The zero-order chi connectivity index (χ0) is 32.8. The quantitative estimate of drug-likeness (QED) is 0.0940. The summed E-state index contributed by atoms with van der Waals surface area (Å²) in [6.07, 6.45) is 0. The molecule has 246 valence electrons. The number of benzene rings is 2. The number of aliphatic hydroxyl groups is 2. The Labute approximate surface area is 264 Å². The molecule has 1 aromatic heterocycles. The fourth-order valence-electron chi connectivity index (χ4n) is 4.32. The Morgan fingerprint density at radius 3 is 2.36 bits per heavy atom. The number of pyridine rings is 1. The van der Waals surface area contributed by atoms with Gasteiger partial charge in [-0.25, -0.2) is 13.4 Å². The van der Waals surface area contributed by atoms with Gasteiger partial charge in [0.25, 0.3) is 0 Å². The third kappa shape index (κ3) is 9.73. The van der Waals surface area contributed by atoms with E-state index >= 15 is 0 Å². The zero-order valence-electron chi connectivity index (χ0n) is 26.1. The van der Waals surface area contributed by atoms with Crippen LogP contribution < -0.4 is 25.8 Å². The van der Waals surface area contributed by atoms with Crippen molar-refractivity contribution in [3.05, 3.63) is 48.0 Å². The van der Waals surface area contributed by atoms with E-state index in [1.54, 1.807) is 6.92 Å². The maximum absolute atomic E-state index is 13.3. The Hall–Kier alpha value is -4.02. The first-order valence-electron chi connectivity index (χ1n) is 14.5. The molecular formula is C30H43N7O7S. The smallest absolute Gasteiger partial charge is 0.183 e. The molecule has 0 bridgehead atoms. The predicted octanol–water partition coefficient (Wildman–Crippen LogP) is 3.66. The molecule has 6 N–H and O–H groups in total. The number of sulfone groups is 1. The van der Waals surface area contributed by atoms with Gasteiger partial charge in [0, 0.05) is 43.0 Å². The second kappa shape index (κ2) is 17.5. The summed E-state index contributed by atoms with van der Waals surface area (Å²) in [6, 6.07) is 12.3. The van der Waals surface area contributed by atoms with Crippen molar-refractivity contribution in [2.75, 3.05) is 88.9 Å². The highest BCUT2D eigenvalue weighted by Crippen LogP contribution is 2.41. The minimum absolute atomic E-state index is 0.0375. The van der Waals surface area contributed by atoms with Gasteiger partial charge in [-0.3, -0.25) is 0 Å². The molecule has 0 atom stereocenters. The van der Waals surface area contributed by atoms with Crippen LogP contribution in [0.15, 0.2) is 57.6 Å². The van der Waals surface area contributed by atoms with E-state index < -0.39 is 9.84 Å². The average molecular weight is 646 g/mol. The van der Waals surface area contributed by atoms with Crippen molar-refractivity contribution >= 4 is 44.2 Å². The minimum Gasteiger partial charge on any atom is -0.495 e. The van der Waals surface area contributed by atoms with Gasteiger partial charge in [0.15, 0.2) is 21.5 Å². The summed E-state index contributed by atoms with van der Waals surface area (Å²) in [5.41, 5.74) is 8.82. The number of nitrogens with two attached hydrogens (primary N) is 1. The highest BCUT2D eigenvalue weighted by molar-refractivity contribution is 7.91. The molecule has 0 aliphatic rings. The first-order valence-corrected chi connectivity index (χ1v) is 16.1. The maximum Gasteiger partial charge on any atom is 0.183 e. The predicted molar refractivity (Wildman–Crippen MR) is 174 cm³/mol. The van der Waals surface area contributed by atoms with Crippen LogP contribution in [0.5, 0.6) is 11.5 Å². The number of ether oxygens (including phenoxy) is 3. The third-order valence-electron chi connectivity index (χ3n) is 6.87. The number of rotatable bonds is 19. The Morgan fingerprint density at radius 1 is 0.978 bits per heavy atom. The first kappa shape index (κ1) is 35.5. The average Bonchev–Trinajstić information content (AvgIpc) is 3.05. The lowest BCUT2D eigenvalue weighted by Gasteiger charge is -2.19. The summed E-state index contributed by atoms with van der Waals surface area (Å²) >= 11 is 0. The summed E-state index contributed by atoms with van der Waals surface area (Å²) in [5, 5.41) is 33.5. The van der Waals surface area contributed by atoms with Gasteiger partial charge in [-0.2, -0.15) is 0 Å². The fraction of sp³-hybridized carbons (Fsp3) is 0.433. The molecule has 0 saturated heterocycles. The van der Waals surface area contributed by atoms with Crippen molar-refractivity contribution in [1.82, 2.24) is 9.88 Å². The van der Waals surface area contributed by atoms with Gasteiger partial charge < -0.3 is 45.7 Å². The topological polar surface area (TPSA) is 193 Å². The van der Waals surface area contributed by atoms with E-state index in [0.717, 1.165) is 5.69 Å². The summed E-state index contributed by atoms with van der Waals surface area (Å²) in [6.45, 7) is 5.63. The fourth-order valence-corrected chi connectivity index (χ4v) is 5.78. The van der Waals surface area contributed by atoms with Crippen molar-refractivity contribution in [2.45, 2.75) is 18.7 Å². The molecule has 0 aliphatic carbocycles. The molecule has 0 spiro atoms. The van der Waals surface area contributed by atoms with Gasteiger partial charge in [0.05, 0.1) is 52.1 Å². The van der Waals surface area contributed by atoms with E-state index in [1.165, 1.54) is 26.4 Å². The van der Waals surface area contributed by atoms with Crippen LogP contribution in [0, 0.1) is 6.92 Å². The van der Waals surface area contributed by atoms with E-state index in [-0.39, 0.29) is 54.2 Å². The number of likely N-dealkylation sites (N-methyl/N-ethyl adjacent to an activating group) is 1. The molecule has 1 heterocycles. The van der Waals surface area contributed by atoms with Crippen molar-refractivity contribution in [1.29, 1.82) is 0 Å². The molecule has 0 unspecified atom stereocenters. The van der Waals surface area contributed by atoms with Crippen LogP contribution in [0.1, 0.15) is 12.5 Å². The third-order valence-corrected chi connectivity index (χ3v) is 8.58. The summed E-state index contributed by atoms with van der Waals surface area (Å²) in [5.74, 6) is 0.891. The van der Waals surface area contributed by atoms with Gasteiger partial charge >= 0.3 is 0 Å². The highest BCUT2D eigenvalue weighted by atomic mass is 32.2. The van der Waals surface area contributed by atoms with Gasteiger partial charge in [0.1, 0.15) is 27.8 Å². The van der Waals surface area contributed by atoms with E-state index in [2.05, 4.69) is 25.8 Å².